The molecule has 1 aliphatic rings. The largest absolute Gasteiger partial charge is 0.354 e. The lowest BCUT2D eigenvalue weighted by molar-refractivity contribution is -0.116. The number of carbonyl (C=O) groups is 1. The van der Waals surface area contributed by atoms with Gasteiger partial charge in [0, 0.05) is 48.3 Å². The smallest absolute Gasteiger partial charge is 0.224 e. The van der Waals surface area contributed by atoms with Gasteiger partial charge in [0.05, 0.1) is 12.2 Å². The number of amides is 1. The van der Waals surface area contributed by atoms with Crippen LogP contribution < -0.4 is 16.0 Å². The number of thiazole rings is 1. The van der Waals surface area contributed by atoms with Crippen LogP contribution in [0.5, 0.6) is 0 Å². The Kier molecular flexibility index (Phi) is 6.01. The van der Waals surface area contributed by atoms with E-state index in [9.17, 15) is 4.79 Å². The molecule has 0 radical (unpaired) electrons. The molecule has 0 aliphatic carbocycles. The van der Waals surface area contributed by atoms with Gasteiger partial charge in [-0.15, -0.1) is 11.3 Å². The molecule has 0 spiro atoms. The molecule has 29 heavy (non-hydrogen) atoms. The van der Waals surface area contributed by atoms with Crippen molar-refractivity contribution in [3.8, 4) is 0 Å². The summed E-state index contributed by atoms with van der Waals surface area (Å²) < 4.78 is 2.07. The molecule has 0 saturated carbocycles. The minimum Gasteiger partial charge on any atom is -0.354 e. The van der Waals surface area contributed by atoms with E-state index in [0.717, 1.165) is 35.0 Å². The highest BCUT2D eigenvalue weighted by Crippen LogP contribution is 2.19. The van der Waals surface area contributed by atoms with Crippen LogP contribution in [0.25, 0.3) is 5.70 Å². The van der Waals surface area contributed by atoms with Gasteiger partial charge < -0.3 is 20.5 Å². The summed E-state index contributed by atoms with van der Waals surface area (Å²) in [5, 5.41) is 12.4. The van der Waals surface area contributed by atoms with Crippen molar-refractivity contribution in [2.45, 2.75) is 19.4 Å². The third-order valence-electron chi connectivity index (χ3n) is 4.36. The summed E-state index contributed by atoms with van der Waals surface area (Å²) in [7, 11) is 0. The number of hydrogen-bond donors (Lipinski definition) is 3. The number of anilines is 2. The average molecular weight is 407 g/mol. The van der Waals surface area contributed by atoms with E-state index in [1.165, 1.54) is 0 Å². The van der Waals surface area contributed by atoms with E-state index in [0.29, 0.717) is 18.9 Å². The van der Waals surface area contributed by atoms with Crippen molar-refractivity contribution >= 4 is 40.3 Å². The number of nitrogens with one attached hydrogen (secondary N) is 3. The van der Waals surface area contributed by atoms with Crippen molar-refractivity contribution in [1.29, 1.82) is 0 Å². The Hall–Kier alpha value is -3.39. The lowest BCUT2D eigenvalue weighted by atomic mass is 10.2. The van der Waals surface area contributed by atoms with E-state index in [-0.39, 0.29) is 5.91 Å². The van der Waals surface area contributed by atoms with Gasteiger partial charge in [0.2, 0.25) is 11.9 Å². The van der Waals surface area contributed by atoms with E-state index in [4.69, 9.17) is 0 Å². The molecule has 7 nitrogen and oxygen atoms in total. The number of aromatic nitrogens is 2. The first-order valence-corrected chi connectivity index (χ1v) is 10.3. The number of rotatable bonds is 7. The molecule has 3 heterocycles. The van der Waals surface area contributed by atoms with Gasteiger partial charge in [-0.3, -0.25) is 4.79 Å². The molecule has 148 valence electrons. The molecule has 0 fully saturated rings. The van der Waals surface area contributed by atoms with Crippen molar-refractivity contribution in [2.24, 2.45) is 4.99 Å². The number of guanidine groups is 1. The SMILES string of the molecule is O=C(CCCn1cccc1)Nc1cccc(NC2=NCC=C(c3nccs3)N2)c1. The van der Waals surface area contributed by atoms with Crippen molar-refractivity contribution < 1.29 is 4.79 Å². The topological polar surface area (TPSA) is 83.3 Å². The Balaban J connectivity index is 1.29. The molecule has 0 saturated heterocycles. The van der Waals surface area contributed by atoms with Crippen LogP contribution in [0.1, 0.15) is 17.8 Å². The third kappa shape index (κ3) is 5.32. The molecule has 0 unspecified atom stereocenters. The fourth-order valence-corrected chi connectivity index (χ4v) is 3.62. The van der Waals surface area contributed by atoms with Crippen LogP contribution in [-0.2, 0) is 11.3 Å². The van der Waals surface area contributed by atoms with E-state index >= 15 is 0 Å². The highest BCUT2D eigenvalue weighted by Gasteiger charge is 2.12. The Bertz CT molecular complexity index is 1010. The zero-order valence-electron chi connectivity index (χ0n) is 15.8. The molecule has 0 atom stereocenters. The molecule has 1 amide bonds. The second-order valence-electron chi connectivity index (χ2n) is 6.55. The van der Waals surface area contributed by atoms with Crippen molar-refractivity contribution in [2.75, 3.05) is 17.2 Å². The van der Waals surface area contributed by atoms with Gasteiger partial charge in [-0.1, -0.05) is 6.07 Å². The predicted molar refractivity (Wildman–Crippen MR) is 118 cm³/mol. The number of hydrogen-bond acceptors (Lipinski definition) is 6. The fraction of sp³-hybridized carbons (Fsp3) is 0.190. The lowest BCUT2D eigenvalue weighted by Crippen LogP contribution is -2.32. The number of benzene rings is 1. The summed E-state index contributed by atoms with van der Waals surface area (Å²) in [6.45, 7) is 1.42. The standard InChI is InChI=1S/C21H22N6OS/c28-19(7-4-13-27-11-1-2-12-27)24-16-5-3-6-17(15-16)25-21-23-9-8-18(26-21)20-22-10-14-29-20/h1-3,5-6,8,10-12,14-15H,4,7,9,13H2,(H,24,28)(H2,23,25,26). The van der Waals surface area contributed by atoms with Crippen LogP contribution in [0.2, 0.25) is 0 Å². The maximum absolute atomic E-state index is 12.2. The highest BCUT2D eigenvalue weighted by atomic mass is 32.1. The molecule has 1 aliphatic heterocycles. The maximum Gasteiger partial charge on any atom is 0.224 e. The van der Waals surface area contributed by atoms with Gasteiger partial charge >= 0.3 is 0 Å². The van der Waals surface area contributed by atoms with Crippen LogP contribution >= 0.6 is 11.3 Å². The molecule has 1 aromatic carbocycles. The van der Waals surface area contributed by atoms with E-state index in [1.807, 2.05) is 60.2 Å². The normalized spacial score (nSPS) is 13.2. The highest BCUT2D eigenvalue weighted by molar-refractivity contribution is 7.10. The molecule has 2 aromatic heterocycles. The summed E-state index contributed by atoms with van der Waals surface area (Å²) in [6, 6.07) is 11.6. The first-order chi connectivity index (χ1) is 14.3. The number of carbonyl (C=O) groups excluding carboxylic acids is 1. The number of aryl methyl sites for hydroxylation is 1. The second kappa shape index (κ2) is 9.20. The minimum absolute atomic E-state index is 0.0106. The quantitative estimate of drug-likeness (QED) is 0.558. The summed E-state index contributed by atoms with van der Waals surface area (Å²) in [5.74, 6) is 0.671. The van der Waals surface area contributed by atoms with Gasteiger partial charge in [0.1, 0.15) is 5.01 Å². The first kappa shape index (κ1) is 18.9. The monoisotopic (exact) mass is 406 g/mol. The molecule has 3 N–H and O–H groups in total. The second-order valence-corrected chi connectivity index (χ2v) is 7.44. The van der Waals surface area contributed by atoms with Gasteiger partial charge in [-0.2, -0.15) is 0 Å². The van der Waals surface area contributed by atoms with Crippen LogP contribution in [0.15, 0.2) is 71.4 Å². The Morgan fingerprint density at radius 3 is 2.90 bits per heavy atom. The maximum atomic E-state index is 12.2. The van der Waals surface area contributed by atoms with Gasteiger partial charge in [-0.05, 0) is 42.8 Å². The predicted octanol–water partition coefficient (Wildman–Crippen LogP) is 3.78. The Labute approximate surface area is 173 Å². The first-order valence-electron chi connectivity index (χ1n) is 9.45. The van der Waals surface area contributed by atoms with Crippen LogP contribution in [-0.4, -0.2) is 28.0 Å². The van der Waals surface area contributed by atoms with Crippen molar-refractivity contribution in [3.63, 3.8) is 0 Å². The zero-order chi connectivity index (χ0) is 19.9. The average Bonchev–Trinajstić information content (AvgIpc) is 3.43. The van der Waals surface area contributed by atoms with E-state index in [2.05, 4.69) is 30.5 Å². The van der Waals surface area contributed by atoms with E-state index < -0.39 is 0 Å². The fourth-order valence-electron chi connectivity index (χ4n) is 2.99. The molecule has 0 bridgehead atoms. The van der Waals surface area contributed by atoms with Gasteiger partial charge in [0.15, 0.2) is 0 Å². The van der Waals surface area contributed by atoms with Crippen molar-refractivity contribution in [1.82, 2.24) is 14.9 Å². The van der Waals surface area contributed by atoms with Crippen molar-refractivity contribution in [3.05, 3.63) is 71.5 Å². The molecular weight excluding hydrogens is 384 g/mol. The summed E-state index contributed by atoms with van der Waals surface area (Å²) in [6.07, 6.45) is 9.08. The lowest BCUT2D eigenvalue weighted by Gasteiger charge is -2.17. The summed E-state index contributed by atoms with van der Waals surface area (Å²) in [5.41, 5.74) is 2.56. The summed E-state index contributed by atoms with van der Waals surface area (Å²) >= 11 is 1.58. The van der Waals surface area contributed by atoms with Gasteiger partial charge in [-0.25, -0.2) is 9.98 Å². The van der Waals surface area contributed by atoms with E-state index in [1.54, 1.807) is 17.5 Å². The third-order valence-corrected chi connectivity index (χ3v) is 5.16. The molecule has 8 heteroatoms. The van der Waals surface area contributed by atoms with Crippen LogP contribution in [0.3, 0.4) is 0 Å². The van der Waals surface area contributed by atoms with Crippen LogP contribution in [0.4, 0.5) is 11.4 Å². The summed E-state index contributed by atoms with van der Waals surface area (Å²) in [4.78, 5) is 21.0. The number of nitrogens with zero attached hydrogens (tertiary/aromatic N) is 3. The Morgan fingerprint density at radius 1 is 1.21 bits per heavy atom. The molecule has 3 aromatic rings. The Morgan fingerprint density at radius 2 is 2.07 bits per heavy atom. The molecular formula is C21H22N6OS. The molecule has 4 rings (SSSR count). The minimum atomic E-state index is 0.0106. The van der Waals surface area contributed by atoms with Gasteiger partial charge in [0.25, 0.3) is 0 Å². The zero-order valence-corrected chi connectivity index (χ0v) is 16.7. The van der Waals surface area contributed by atoms with Crippen LogP contribution in [0, 0.1) is 0 Å². The number of aliphatic imine (C=N–C) groups is 1.